The van der Waals surface area contributed by atoms with Crippen LogP contribution in [-0.4, -0.2) is 29.4 Å². The molecule has 1 heterocycles. The molecule has 3 rings (SSSR count). The largest absolute Gasteiger partial charge is 0.471 e. The number of halogens is 5. The van der Waals surface area contributed by atoms with Gasteiger partial charge in [-0.2, -0.15) is 13.2 Å². The minimum absolute atomic E-state index is 0.0477. The molecular formula is C20H15Cl2F3N2O2. The number of carbonyl (C=O) groups excluding carboxylic acids is 2. The highest BCUT2D eigenvalue weighted by Gasteiger charge is 2.43. The van der Waals surface area contributed by atoms with Crippen LogP contribution in [0.3, 0.4) is 0 Å². The standard InChI is InChI=1S/C20H15Cl2F3N2O2/c21-15-4-2-1-3-13(15)6-8-17(28)26-16-7-5-12-9-10-27(11-14(12)18(16)22)19(29)20(23,24)25/h1-8H,9-11H2,(H,26,28). The van der Waals surface area contributed by atoms with E-state index in [4.69, 9.17) is 23.2 Å². The highest BCUT2D eigenvalue weighted by atomic mass is 35.5. The Bertz CT molecular complexity index is 990. The maximum absolute atomic E-state index is 12.7. The van der Waals surface area contributed by atoms with Gasteiger partial charge in [0.25, 0.3) is 0 Å². The molecule has 0 saturated heterocycles. The highest BCUT2D eigenvalue weighted by molar-refractivity contribution is 6.35. The number of fused-ring (bicyclic) bond motifs is 1. The molecule has 0 saturated carbocycles. The Labute approximate surface area is 174 Å². The summed E-state index contributed by atoms with van der Waals surface area (Å²) >= 11 is 12.3. The average Bonchev–Trinajstić information content (AvgIpc) is 2.68. The first-order chi connectivity index (χ1) is 13.7. The molecule has 1 aliphatic heterocycles. The lowest BCUT2D eigenvalue weighted by atomic mass is 9.98. The molecule has 4 nitrogen and oxygen atoms in total. The number of hydrogen-bond acceptors (Lipinski definition) is 2. The average molecular weight is 443 g/mol. The third-order valence-corrected chi connectivity index (χ3v) is 5.22. The number of hydrogen-bond donors (Lipinski definition) is 1. The van der Waals surface area contributed by atoms with Crippen molar-refractivity contribution in [2.75, 3.05) is 11.9 Å². The van der Waals surface area contributed by atoms with Crippen molar-refractivity contribution in [2.24, 2.45) is 0 Å². The number of carbonyl (C=O) groups is 2. The fourth-order valence-electron chi connectivity index (χ4n) is 2.99. The molecule has 0 fully saturated rings. The molecule has 0 atom stereocenters. The second kappa shape index (κ2) is 8.47. The molecule has 1 aliphatic rings. The molecule has 0 aromatic heterocycles. The summed E-state index contributed by atoms with van der Waals surface area (Å²) in [6.07, 6.45) is -1.89. The molecule has 29 heavy (non-hydrogen) atoms. The summed E-state index contributed by atoms with van der Waals surface area (Å²) in [5.74, 6) is -2.39. The molecule has 0 bridgehead atoms. The predicted octanol–water partition coefficient (Wildman–Crippen LogP) is 5.09. The third-order valence-electron chi connectivity index (χ3n) is 4.45. The van der Waals surface area contributed by atoms with Gasteiger partial charge in [-0.15, -0.1) is 0 Å². The van der Waals surface area contributed by atoms with E-state index in [1.807, 2.05) is 0 Å². The van der Waals surface area contributed by atoms with Crippen LogP contribution in [0, 0.1) is 0 Å². The van der Waals surface area contributed by atoms with Gasteiger partial charge in [-0.1, -0.05) is 47.5 Å². The number of benzene rings is 2. The van der Waals surface area contributed by atoms with E-state index >= 15 is 0 Å². The molecule has 1 N–H and O–H groups in total. The van der Waals surface area contributed by atoms with E-state index in [0.717, 1.165) is 5.56 Å². The van der Waals surface area contributed by atoms with Crippen LogP contribution in [0.15, 0.2) is 42.5 Å². The van der Waals surface area contributed by atoms with Crippen LogP contribution in [-0.2, 0) is 22.6 Å². The molecular weight excluding hydrogens is 428 g/mol. The van der Waals surface area contributed by atoms with Gasteiger partial charge in [0.2, 0.25) is 5.91 Å². The first kappa shape index (κ1) is 21.2. The van der Waals surface area contributed by atoms with Gasteiger partial charge in [-0.05, 0) is 41.3 Å². The molecule has 152 valence electrons. The van der Waals surface area contributed by atoms with Gasteiger partial charge in [0.1, 0.15) is 0 Å². The molecule has 0 radical (unpaired) electrons. The maximum atomic E-state index is 12.7. The van der Waals surface area contributed by atoms with E-state index in [2.05, 4.69) is 5.32 Å². The minimum atomic E-state index is -4.95. The summed E-state index contributed by atoms with van der Waals surface area (Å²) in [6, 6.07) is 10.2. The Morgan fingerprint density at radius 3 is 2.52 bits per heavy atom. The van der Waals surface area contributed by atoms with E-state index in [-0.39, 0.29) is 30.2 Å². The van der Waals surface area contributed by atoms with Gasteiger partial charge >= 0.3 is 12.1 Å². The zero-order valence-corrected chi connectivity index (χ0v) is 16.4. The van der Waals surface area contributed by atoms with Crippen molar-refractivity contribution in [1.82, 2.24) is 4.90 Å². The number of amides is 2. The Balaban J connectivity index is 1.76. The first-order valence-corrected chi connectivity index (χ1v) is 9.32. The summed E-state index contributed by atoms with van der Waals surface area (Å²) in [4.78, 5) is 24.4. The van der Waals surface area contributed by atoms with Crippen molar-refractivity contribution < 1.29 is 22.8 Å². The molecule has 2 aromatic rings. The predicted molar refractivity (Wildman–Crippen MR) is 106 cm³/mol. The summed E-state index contributed by atoms with van der Waals surface area (Å²) in [5, 5.41) is 3.19. The van der Waals surface area contributed by atoms with Crippen molar-refractivity contribution >= 4 is 46.8 Å². The fraction of sp³-hybridized carbons (Fsp3) is 0.200. The lowest BCUT2D eigenvalue weighted by Gasteiger charge is -2.30. The topological polar surface area (TPSA) is 49.4 Å². The Morgan fingerprint density at radius 1 is 1.10 bits per heavy atom. The smallest absolute Gasteiger partial charge is 0.330 e. The lowest BCUT2D eigenvalue weighted by Crippen LogP contribution is -2.43. The second-order valence-electron chi connectivity index (χ2n) is 6.38. The van der Waals surface area contributed by atoms with Gasteiger partial charge in [-0.25, -0.2) is 0 Å². The van der Waals surface area contributed by atoms with Gasteiger partial charge in [0.05, 0.1) is 10.7 Å². The molecule has 0 unspecified atom stereocenters. The number of alkyl halides is 3. The number of anilines is 1. The van der Waals surface area contributed by atoms with Gasteiger partial charge < -0.3 is 10.2 Å². The van der Waals surface area contributed by atoms with E-state index in [9.17, 15) is 22.8 Å². The summed E-state index contributed by atoms with van der Waals surface area (Å²) < 4.78 is 38.1. The zero-order valence-electron chi connectivity index (χ0n) is 14.9. The Hall–Kier alpha value is -2.51. The molecule has 0 aliphatic carbocycles. The minimum Gasteiger partial charge on any atom is -0.330 e. The lowest BCUT2D eigenvalue weighted by molar-refractivity contribution is -0.186. The normalized spacial score (nSPS) is 14.0. The molecule has 0 spiro atoms. The van der Waals surface area contributed by atoms with Gasteiger partial charge in [0.15, 0.2) is 0 Å². The van der Waals surface area contributed by atoms with Crippen molar-refractivity contribution in [1.29, 1.82) is 0 Å². The summed E-state index contributed by atoms with van der Waals surface area (Å²) in [7, 11) is 0. The van der Waals surface area contributed by atoms with Crippen molar-refractivity contribution in [2.45, 2.75) is 19.1 Å². The van der Waals surface area contributed by atoms with E-state index in [1.165, 1.54) is 12.2 Å². The number of rotatable bonds is 3. The van der Waals surface area contributed by atoms with Crippen LogP contribution >= 0.6 is 23.2 Å². The van der Waals surface area contributed by atoms with Crippen LogP contribution in [0.4, 0.5) is 18.9 Å². The zero-order chi connectivity index (χ0) is 21.2. The molecule has 9 heteroatoms. The molecule has 2 amide bonds. The quantitative estimate of drug-likeness (QED) is 0.672. The number of nitrogens with zero attached hydrogens (tertiary/aromatic N) is 1. The monoisotopic (exact) mass is 442 g/mol. The highest BCUT2D eigenvalue weighted by Crippen LogP contribution is 2.34. The SMILES string of the molecule is O=C(C=Cc1ccccc1Cl)Nc1ccc2c(c1Cl)CN(C(=O)C(F)(F)F)CC2. The van der Waals surface area contributed by atoms with Crippen LogP contribution in [0.5, 0.6) is 0 Å². The van der Waals surface area contributed by atoms with Crippen molar-refractivity contribution in [3.05, 3.63) is 69.2 Å². The first-order valence-electron chi connectivity index (χ1n) is 8.57. The van der Waals surface area contributed by atoms with E-state index < -0.39 is 18.0 Å². The third kappa shape index (κ3) is 4.92. The Morgan fingerprint density at radius 2 is 1.83 bits per heavy atom. The van der Waals surface area contributed by atoms with Gasteiger partial charge in [-0.3, -0.25) is 9.59 Å². The number of nitrogens with one attached hydrogen (secondary N) is 1. The van der Waals surface area contributed by atoms with Crippen LogP contribution in [0.1, 0.15) is 16.7 Å². The van der Waals surface area contributed by atoms with E-state index in [1.54, 1.807) is 36.4 Å². The molecule has 2 aromatic carbocycles. The van der Waals surface area contributed by atoms with Crippen LogP contribution < -0.4 is 5.32 Å². The maximum Gasteiger partial charge on any atom is 0.471 e. The fourth-order valence-corrected chi connectivity index (χ4v) is 3.48. The van der Waals surface area contributed by atoms with Crippen molar-refractivity contribution in [3.63, 3.8) is 0 Å². The van der Waals surface area contributed by atoms with Gasteiger partial charge in [0, 0.05) is 24.2 Å². The van der Waals surface area contributed by atoms with E-state index in [0.29, 0.717) is 21.0 Å². The Kier molecular flexibility index (Phi) is 6.19. The second-order valence-corrected chi connectivity index (χ2v) is 7.17. The van der Waals surface area contributed by atoms with Crippen LogP contribution in [0.25, 0.3) is 6.08 Å². The summed E-state index contributed by atoms with van der Waals surface area (Å²) in [5.41, 5.74) is 2.04. The van der Waals surface area contributed by atoms with Crippen molar-refractivity contribution in [3.8, 4) is 0 Å². The van der Waals surface area contributed by atoms with Crippen LogP contribution in [0.2, 0.25) is 10.0 Å². The summed E-state index contributed by atoms with van der Waals surface area (Å²) in [6.45, 7) is -0.320.